The number of anilines is 1. The summed E-state index contributed by atoms with van der Waals surface area (Å²) < 4.78 is 55.0. The standard InChI is InChI=1S/C27H25F2N7O2S/c1-4-39(37,38)36-25-31-11-15(12-32-25)21-13-30-14-22(33-21)27-9-8-17(26(27,2)3)16-10-20(34-35-24(16)27)23-18(28)6-5-7-19(23)29/h5-7,10-14,17H,4,8-9H2,1-3H3,(H,31,32,36)/t17-,27-/m0/s1. The normalized spacial score (nSPS) is 21.1. The molecule has 0 amide bonds. The van der Waals surface area contributed by atoms with Crippen LogP contribution >= 0.6 is 0 Å². The summed E-state index contributed by atoms with van der Waals surface area (Å²) in [6.07, 6.45) is 7.93. The summed E-state index contributed by atoms with van der Waals surface area (Å²) in [4.78, 5) is 17.7. The third-order valence-electron chi connectivity index (χ3n) is 8.25. The molecule has 2 aliphatic carbocycles. The van der Waals surface area contributed by atoms with E-state index >= 15 is 0 Å². The number of fused-ring (bicyclic) bond motifs is 5. The summed E-state index contributed by atoms with van der Waals surface area (Å²) in [5.74, 6) is -1.39. The summed E-state index contributed by atoms with van der Waals surface area (Å²) in [5.41, 5.74) is 2.53. The first-order valence-electron chi connectivity index (χ1n) is 12.6. The Morgan fingerprint density at radius 2 is 1.74 bits per heavy atom. The van der Waals surface area contributed by atoms with Gasteiger partial charge in [-0.25, -0.2) is 32.2 Å². The van der Waals surface area contributed by atoms with E-state index in [0.29, 0.717) is 17.0 Å². The molecule has 4 aromatic rings. The highest BCUT2D eigenvalue weighted by Gasteiger charge is 2.65. The maximum absolute atomic E-state index is 14.5. The lowest BCUT2D eigenvalue weighted by Crippen LogP contribution is -2.38. The summed E-state index contributed by atoms with van der Waals surface area (Å²) in [7, 11) is -3.50. The van der Waals surface area contributed by atoms with Crippen LogP contribution in [0.2, 0.25) is 0 Å². The Kier molecular flexibility index (Phi) is 5.72. The predicted molar refractivity (Wildman–Crippen MR) is 140 cm³/mol. The van der Waals surface area contributed by atoms with E-state index in [0.717, 1.165) is 24.1 Å². The topological polar surface area (TPSA) is 124 Å². The molecule has 9 nitrogen and oxygen atoms in total. The van der Waals surface area contributed by atoms with Crippen molar-refractivity contribution in [1.29, 1.82) is 0 Å². The molecule has 200 valence electrons. The minimum atomic E-state index is -3.50. The summed E-state index contributed by atoms with van der Waals surface area (Å²) >= 11 is 0. The Morgan fingerprint density at radius 3 is 2.44 bits per heavy atom. The van der Waals surface area contributed by atoms with Crippen molar-refractivity contribution in [3.63, 3.8) is 0 Å². The molecule has 0 saturated heterocycles. The van der Waals surface area contributed by atoms with Crippen molar-refractivity contribution in [2.75, 3.05) is 10.5 Å². The number of nitrogens with zero attached hydrogens (tertiary/aromatic N) is 6. The van der Waals surface area contributed by atoms with Crippen molar-refractivity contribution in [2.24, 2.45) is 5.41 Å². The lowest BCUT2D eigenvalue weighted by molar-refractivity contribution is 0.242. The second-order valence-electron chi connectivity index (χ2n) is 10.4. The number of rotatable bonds is 6. The van der Waals surface area contributed by atoms with Gasteiger partial charge in [-0.3, -0.25) is 9.71 Å². The Labute approximate surface area is 224 Å². The molecule has 1 saturated carbocycles. The molecule has 1 N–H and O–H groups in total. The third-order valence-corrected chi connectivity index (χ3v) is 9.50. The monoisotopic (exact) mass is 549 g/mol. The van der Waals surface area contributed by atoms with Crippen LogP contribution in [0.3, 0.4) is 0 Å². The Balaban J connectivity index is 1.41. The molecule has 2 bridgehead atoms. The number of halogens is 2. The maximum atomic E-state index is 14.5. The van der Waals surface area contributed by atoms with E-state index in [1.165, 1.54) is 37.5 Å². The molecule has 12 heteroatoms. The van der Waals surface area contributed by atoms with Crippen molar-refractivity contribution in [1.82, 2.24) is 30.1 Å². The molecule has 39 heavy (non-hydrogen) atoms. The van der Waals surface area contributed by atoms with Crippen molar-refractivity contribution >= 4 is 16.0 Å². The minimum Gasteiger partial charge on any atom is -0.261 e. The van der Waals surface area contributed by atoms with Crippen LogP contribution in [0, 0.1) is 17.0 Å². The van der Waals surface area contributed by atoms with E-state index in [1.807, 2.05) is 0 Å². The largest absolute Gasteiger partial charge is 0.261 e. The molecule has 1 aromatic carbocycles. The first-order valence-corrected chi connectivity index (χ1v) is 14.2. The van der Waals surface area contributed by atoms with Crippen LogP contribution < -0.4 is 4.72 Å². The predicted octanol–water partition coefficient (Wildman–Crippen LogP) is 4.63. The SMILES string of the molecule is CCS(=O)(=O)Nc1ncc(-c2cncc([C@@]34CC[C@@H](c5cc(-c6c(F)cccc6F)nnc53)C4(C)C)n2)cn1. The second kappa shape index (κ2) is 8.80. The first kappa shape index (κ1) is 25.4. The quantitative estimate of drug-likeness (QED) is 0.369. The van der Waals surface area contributed by atoms with E-state index in [4.69, 9.17) is 4.98 Å². The van der Waals surface area contributed by atoms with Gasteiger partial charge in [0.05, 0.1) is 45.7 Å². The maximum Gasteiger partial charge on any atom is 0.236 e. The number of hydrogen-bond acceptors (Lipinski definition) is 8. The Bertz CT molecular complexity index is 1690. The van der Waals surface area contributed by atoms with Crippen LogP contribution in [0.1, 0.15) is 56.5 Å². The molecule has 0 unspecified atom stereocenters. The number of nitrogens with one attached hydrogen (secondary N) is 1. The molecular formula is C27H25F2N7O2S. The van der Waals surface area contributed by atoms with Crippen LogP contribution in [0.5, 0.6) is 0 Å². The van der Waals surface area contributed by atoms with Crippen LogP contribution in [-0.4, -0.2) is 44.3 Å². The number of sulfonamides is 1. The van der Waals surface area contributed by atoms with Gasteiger partial charge in [0.15, 0.2) is 0 Å². The second-order valence-corrected chi connectivity index (χ2v) is 12.4. The highest BCUT2D eigenvalue weighted by Crippen LogP contribution is 2.69. The fourth-order valence-electron chi connectivity index (χ4n) is 6.19. The lowest BCUT2D eigenvalue weighted by atomic mass is 9.66. The Morgan fingerprint density at radius 1 is 1.03 bits per heavy atom. The third kappa shape index (κ3) is 3.80. The summed E-state index contributed by atoms with van der Waals surface area (Å²) in [6, 6.07) is 5.50. The zero-order valence-electron chi connectivity index (χ0n) is 21.5. The van der Waals surface area contributed by atoms with Crippen LogP contribution in [0.25, 0.3) is 22.5 Å². The van der Waals surface area contributed by atoms with Gasteiger partial charge in [0.25, 0.3) is 0 Å². The van der Waals surface area contributed by atoms with Crippen LogP contribution in [-0.2, 0) is 15.4 Å². The van der Waals surface area contributed by atoms with Gasteiger partial charge in [0.1, 0.15) is 11.6 Å². The molecule has 2 aliphatic rings. The van der Waals surface area contributed by atoms with Gasteiger partial charge in [-0.1, -0.05) is 19.9 Å². The average molecular weight is 550 g/mol. The smallest absolute Gasteiger partial charge is 0.236 e. The van der Waals surface area contributed by atoms with E-state index in [2.05, 4.69) is 43.7 Å². The first-order chi connectivity index (χ1) is 18.6. The van der Waals surface area contributed by atoms with Gasteiger partial charge in [0, 0.05) is 24.2 Å². The van der Waals surface area contributed by atoms with Gasteiger partial charge in [0.2, 0.25) is 16.0 Å². The summed E-state index contributed by atoms with van der Waals surface area (Å²) in [5, 5.41) is 8.83. The van der Waals surface area contributed by atoms with Crippen LogP contribution in [0.4, 0.5) is 14.7 Å². The summed E-state index contributed by atoms with van der Waals surface area (Å²) in [6.45, 7) is 5.83. The van der Waals surface area contributed by atoms with Crippen LogP contribution in [0.15, 0.2) is 49.1 Å². The average Bonchev–Trinajstić information content (AvgIpc) is 3.30. The minimum absolute atomic E-state index is 0.0230. The van der Waals surface area contributed by atoms with Gasteiger partial charge in [-0.15, -0.1) is 5.10 Å². The van der Waals surface area contributed by atoms with Crippen molar-refractivity contribution < 1.29 is 17.2 Å². The highest BCUT2D eigenvalue weighted by atomic mass is 32.2. The molecule has 1 fully saturated rings. The molecule has 0 radical (unpaired) electrons. The fraction of sp³-hybridized carbons (Fsp3) is 0.333. The zero-order chi connectivity index (χ0) is 27.6. The lowest BCUT2D eigenvalue weighted by Gasteiger charge is -2.37. The Hall–Kier alpha value is -3.93. The molecule has 0 spiro atoms. The number of aromatic nitrogens is 6. The van der Waals surface area contributed by atoms with E-state index in [9.17, 15) is 17.2 Å². The molecule has 2 atom stereocenters. The number of benzene rings is 1. The molecular weight excluding hydrogens is 524 g/mol. The van der Waals surface area contributed by atoms with Crippen molar-refractivity contribution in [3.8, 4) is 22.5 Å². The molecule has 3 heterocycles. The van der Waals surface area contributed by atoms with Gasteiger partial charge in [-0.05, 0) is 54.9 Å². The van der Waals surface area contributed by atoms with Crippen molar-refractivity contribution in [2.45, 2.75) is 44.9 Å². The highest BCUT2D eigenvalue weighted by molar-refractivity contribution is 7.92. The molecule has 0 aliphatic heterocycles. The zero-order valence-corrected chi connectivity index (χ0v) is 22.3. The van der Waals surface area contributed by atoms with Gasteiger partial charge in [-0.2, -0.15) is 5.10 Å². The molecule has 3 aromatic heterocycles. The van der Waals surface area contributed by atoms with E-state index in [-0.39, 0.29) is 34.3 Å². The fourth-order valence-corrected chi connectivity index (χ4v) is 6.72. The van der Waals surface area contributed by atoms with Crippen molar-refractivity contribution in [3.05, 3.63) is 77.6 Å². The van der Waals surface area contributed by atoms with E-state index < -0.39 is 27.1 Å². The molecule has 6 rings (SSSR count). The van der Waals surface area contributed by atoms with Gasteiger partial charge >= 0.3 is 0 Å². The number of hydrogen-bond donors (Lipinski definition) is 1. The van der Waals surface area contributed by atoms with E-state index in [1.54, 1.807) is 18.5 Å². The van der Waals surface area contributed by atoms with Gasteiger partial charge < -0.3 is 0 Å².